The SMILES string of the molecule is O=C(O)CC1(F)CCCOC1. The zero-order valence-electron chi connectivity index (χ0n) is 6.18. The molecule has 0 aromatic carbocycles. The fourth-order valence-electron chi connectivity index (χ4n) is 1.23. The Balaban J connectivity index is 2.43. The molecule has 0 aliphatic carbocycles. The maximum Gasteiger partial charge on any atom is 0.306 e. The minimum absolute atomic E-state index is 0.0701. The predicted molar refractivity (Wildman–Crippen MR) is 36.1 cm³/mol. The number of carbonyl (C=O) groups is 1. The van der Waals surface area contributed by atoms with Crippen molar-refractivity contribution < 1.29 is 19.0 Å². The third-order valence-electron chi connectivity index (χ3n) is 1.74. The monoisotopic (exact) mass is 162 g/mol. The third-order valence-corrected chi connectivity index (χ3v) is 1.74. The van der Waals surface area contributed by atoms with Gasteiger partial charge in [0, 0.05) is 6.61 Å². The van der Waals surface area contributed by atoms with E-state index in [1.54, 1.807) is 0 Å². The van der Waals surface area contributed by atoms with Crippen LogP contribution in [0.4, 0.5) is 4.39 Å². The van der Waals surface area contributed by atoms with Gasteiger partial charge in [-0.1, -0.05) is 0 Å². The van der Waals surface area contributed by atoms with E-state index in [0.717, 1.165) is 0 Å². The Labute approximate surface area is 64.2 Å². The highest BCUT2D eigenvalue weighted by Crippen LogP contribution is 2.26. The molecule has 1 fully saturated rings. The summed E-state index contributed by atoms with van der Waals surface area (Å²) in [6, 6.07) is 0. The number of alkyl halides is 1. The topological polar surface area (TPSA) is 46.5 Å². The van der Waals surface area contributed by atoms with Crippen LogP contribution in [0.25, 0.3) is 0 Å². The molecule has 1 N–H and O–H groups in total. The van der Waals surface area contributed by atoms with Gasteiger partial charge in [0.25, 0.3) is 0 Å². The van der Waals surface area contributed by atoms with Crippen LogP contribution in [0.3, 0.4) is 0 Å². The maximum atomic E-state index is 13.3. The number of hydrogen-bond acceptors (Lipinski definition) is 2. The minimum atomic E-state index is -1.62. The molecule has 1 rings (SSSR count). The predicted octanol–water partition coefficient (Wildman–Crippen LogP) is 0.980. The van der Waals surface area contributed by atoms with Gasteiger partial charge in [-0.3, -0.25) is 4.79 Å². The highest BCUT2D eigenvalue weighted by Gasteiger charge is 2.34. The van der Waals surface area contributed by atoms with E-state index in [1.165, 1.54) is 0 Å². The van der Waals surface area contributed by atoms with Gasteiger partial charge in [-0.25, -0.2) is 4.39 Å². The average Bonchev–Trinajstić information content (AvgIpc) is 1.85. The van der Waals surface area contributed by atoms with E-state index < -0.39 is 18.1 Å². The molecule has 0 saturated carbocycles. The van der Waals surface area contributed by atoms with Crippen molar-refractivity contribution in [3.8, 4) is 0 Å². The first-order valence-electron chi connectivity index (χ1n) is 3.61. The summed E-state index contributed by atoms with van der Waals surface area (Å²) in [4.78, 5) is 10.2. The van der Waals surface area contributed by atoms with Gasteiger partial charge in [0.2, 0.25) is 0 Å². The number of ether oxygens (including phenoxy) is 1. The highest BCUT2D eigenvalue weighted by atomic mass is 19.1. The first-order chi connectivity index (χ1) is 5.12. The van der Waals surface area contributed by atoms with Crippen LogP contribution in [0.1, 0.15) is 19.3 Å². The van der Waals surface area contributed by atoms with Crippen molar-refractivity contribution in [2.24, 2.45) is 0 Å². The summed E-state index contributed by atoms with van der Waals surface area (Å²) >= 11 is 0. The summed E-state index contributed by atoms with van der Waals surface area (Å²) in [5.74, 6) is -1.10. The number of rotatable bonds is 2. The first-order valence-corrected chi connectivity index (χ1v) is 3.61. The molecule has 64 valence electrons. The second-order valence-corrected chi connectivity index (χ2v) is 2.88. The number of carboxylic acids is 1. The summed E-state index contributed by atoms with van der Waals surface area (Å²) in [6.07, 6.45) is 0.482. The zero-order chi connectivity index (χ0) is 8.32. The van der Waals surface area contributed by atoms with Crippen LogP contribution in [0.5, 0.6) is 0 Å². The lowest BCUT2D eigenvalue weighted by Gasteiger charge is -2.27. The van der Waals surface area contributed by atoms with Gasteiger partial charge in [0.15, 0.2) is 0 Å². The molecule has 0 spiro atoms. The lowest BCUT2D eigenvalue weighted by molar-refractivity contribution is -0.143. The first kappa shape index (κ1) is 8.46. The number of halogens is 1. The molecular formula is C7H11FO3. The molecule has 1 heterocycles. The summed E-state index contributed by atoms with van der Waals surface area (Å²) in [7, 11) is 0. The smallest absolute Gasteiger partial charge is 0.306 e. The quantitative estimate of drug-likeness (QED) is 0.658. The van der Waals surface area contributed by atoms with Crippen LogP contribution >= 0.6 is 0 Å². The number of carboxylic acid groups (broad SMARTS) is 1. The summed E-state index contributed by atoms with van der Waals surface area (Å²) < 4.78 is 18.2. The van der Waals surface area contributed by atoms with Crippen molar-refractivity contribution in [3.63, 3.8) is 0 Å². The molecular weight excluding hydrogens is 151 g/mol. The van der Waals surface area contributed by atoms with Crippen molar-refractivity contribution in [1.29, 1.82) is 0 Å². The van der Waals surface area contributed by atoms with Crippen molar-refractivity contribution in [2.75, 3.05) is 13.2 Å². The van der Waals surface area contributed by atoms with Crippen LogP contribution in [-0.4, -0.2) is 30.0 Å². The number of hydrogen-bond donors (Lipinski definition) is 1. The van der Waals surface area contributed by atoms with Crippen LogP contribution in [0.15, 0.2) is 0 Å². The lowest BCUT2D eigenvalue weighted by Crippen LogP contribution is -2.36. The van der Waals surface area contributed by atoms with Gasteiger partial charge in [-0.05, 0) is 12.8 Å². The Kier molecular flexibility index (Phi) is 2.44. The highest BCUT2D eigenvalue weighted by molar-refractivity contribution is 5.68. The van der Waals surface area contributed by atoms with E-state index in [1.807, 2.05) is 0 Å². The summed E-state index contributed by atoms with van der Waals surface area (Å²) in [6.45, 7) is 0.477. The van der Waals surface area contributed by atoms with E-state index in [-0.39, 0.29) is 6.61 Å². The molecule has 0 amide bonds. The fourth-order valence-corrected chi connectivity index (χ4v) is 1.23. The zero-order valence-corrected chi connectivity index (χ0v) is 6.18. The van der Waals surface area contributed by atoms with E-state index in [4.69, 9.17) is 9.84 Å². The second kappa shape index (κ2) is 3.17. The van der Waals surface area contributed by atoms with E-state index >= 15 is 0 Å². The Morgan fingerprint density at radius 2 is 2.45 bits per heavy atom. The molecule has 3 nitrogen and oxygen atoms in total. The molecule has 0 aromatic rings. The summed E-state index contributed by atoms with van der Waals surface area (Å²) in [5, 5.41) is 8.34. The van der Waals surface area contributed by atoms with E-state index in [9.17, 15) is 9.18 Å². The Bertz CT molecular complexity index is 152. The molecule has 1 atom stereocenters. The van der Waals surface area contributed by atoms with Crippen LogP contribution in [0, 0.1) is 0 Å². The molecule has 1 aliphatic heterocycles. The molecule has 0 radical (unpaired) electrons. The van der Waals surface area contributed by atoms with Gasteiger partial charge in [-0.2, -0.15) is 0 Å². The van der Waals surface area contributed by atoms with Crippen molar-refractivity contribution >= 4 is 5.97 Å². The third kappa shape index (κ3) is 2.46. The van der Waals surface area contributed by atoms with Gasteiger partial charge < -0.3 is 9.84 Å². The second-order valence-electron chi connectivity index (χ2n) is 2.88. The Morgan fingerprint density at radius 1 is 1.73 bits per heavy atom. The van der Waals surface area contributed by atoms with Gasteiger partial charge in [0.1, 0.15) is 5.67 Å². The molecule has 1 aliphatic rings. The maximum absolute atomic E-state index is 13.3. The van der Waals surface area contributed by atoms with Gasteiger partial charge in [-0.15, -0.1) is 0 Å². The molecule has 1 saturated heterocycles. The average molecular weight is 162 g/mol. The van der Waals surface area contributed by atoms with Crippen LogP contribution in [-0.2, 0) is 9.53 Å². The Hall–Kier alpha value is -0.640. The van der Waals surface area contributed by atoms with Gasteiger partial charge >= 0.3 is 5.97 Å². The van der Waals surface area contributed by atoms with Crippen molar-refractivity contribution in [1.82, 2.24) is 0 Å². The minimum Gasteiger partial charge on any atom is -0.481 e. The van der Waals surface area contributed by atoms with Crippen molar-refractivity contribution in [3.05, 3.63) is 0 Å². The largest absolute Gasteiger partial charge is 0.481 e. The molecule has 4 heteroatoms. The van der Waals surface area contributed by atoms with E-state index in [0.29, 0.717) is 19.4 Å². The fraction of sp³-hybridized carbons (Fsp3) is 0.857. The number of aliphatic carboxylic acids is 1. The standard InChI is InChI=1S/C7H11FO3/c8-7(4-6(9)10)2-1-3-11-5-7/h1-5H2,(H,9,10). The molecule has 11 heavy (non-hydrogen) atoms. The van der Waals surface area contributed by atoms with E-state index in [2.05, 4.69) is 0 Å². The van der Waals surface area contributed by atoms with Crippen molar-refractivity contribution in [2.45, 2.75) is 24.9 Å². The molecule has 0 bridgehead atoms. The van der Waals surface area contributed by atoms with Gasteiger partial charge in [0.05, 0.1) is 13.0 Å². The normalized spacial score (nSPS) is 31.7. The summed E-state index contributed by atoms with van der Waals surface area (Å²) in [5.41, 5.74) is -1.62. The Morgan fingerprint density at radius 3 is 2.91 bits per heavy atom. The molecule has 1 unspecified atom stereocenters. The molecule has 0 aromatic heterocycles. The van der Waals surface area contributed by atoms with Crippen LogP contribution in [0.2, 0.25) is 0 Å². The van der Waals surface area contributed by atoms with Crippen LogP contribution < -0.4 is 0 Å². The lowest BCUT2D eigenvalue weighted by atomic mass is 9.95.